The van der Waals surface area contributed by atoms with Gasteiger partial charge < -0.3 is 9.67 Å². The van der Waals surface area contributed by atoms with Crippen molar-refractivity contribution >= 4 is 16.9 Å². The lowest BCUT2D eigenvalue weighted by atomic mass is 10.2. The van der Waals surface area contributed by atoms with E-state index in [1.165, 1.54) is 10.9 Å². The van der Waals surface area contributed by atoms with Crippen molar-refractivity contribution in [3.8, 4) is 0 Å². The van der Waals surface area contributed by atoms with Crippen molar-refractivity contribution in [1.82, 2.24) is 4.57 Å². The molecule has 2 rings (SSSR count). The van der Waals surface area contributed by atoms with Crippen molar-refractivity contribution in [1.29, 1.82) is 0 Å². The molecule has 0 bridgehead atoms. The van der Waals surface area contributed by atoms with Crippen molar-refractivity contribution in [2.75, 3.05) is 0 Å². The fourth-order valence-electron chi connectivity index (χ4n) is 1.22. The zero-order valence-corrected chi connectivity index (χ0v) is 12.3. The molecule has 0 atom stereocenters. The van der Waals surface area contributed by atoms with Gasteiger partial charge in [-0.05, 0) is 17.5 Å². The second kappa shape index (κ2) is 11.7. The first kappa shape index (κ1) is 18.6. The fraction of sp³-hybridized carbons (Fsp3) is 0.400. The summed E-state index contributed by atoms with van der Waals surface area (Å²) < 4.78 is 2.12. The van der Waals surface area contributed by atoms with E-state index < -0.39 is 5.97 Å². The normalized spacial score (nSPS) is 7.89. The summed E-state index contributed by atoms with van der Waals surface area (Å²) in [5, 5.41) is 8.73. The first-order valence-corrected chi connectivity index (χ1v) is 6.31. The number of rotatable bonds is 0. The average Bonchev–Trinajstić information content (AvgIpc) is 2.76. The summed E-state index contributed by atoms with van der Waals surface area (Å²) >= 11 is 0. The Morgan fingerprint density at radius 1 is 1.06 bits per heavy atom. The summed E-state index contributed by atoms with van der Waals surface area (Å²) in [5.74, 6) is -0.833. The minimum absolute atomic E-state index is 0.833. The number of carbonyl (C=O) groups is 1. The molecule has 0 aliphatic heterocycles. The number of nitrogens with zero attached hydrogens (tertiary/aromatic N) is 1. The second-order valence-electron chi connectivity index (χ2n) is 3.00. The number of carboxylic acids is 1. The molecule has 1 aromatic carbocycles. The summed E-state index contributed by atoms with van der Waals surface area (Å²) in [6.07, 6.45) is 2.07. The fourth-order valence-corrected chi connectivity index (χ4v) is 1.22. The summed E-state index contributed by atoms with van der Waals surface area (Å²) in [4.78, 5) is 9.00. The number of aliphatic carboxylic acids is 1. The molecule has 1 aromatic heterocycles. The van der Waals surface area contributed by atoms with E-state index in [1.807, 2.05) is 27.7 Å². The third kappa shape index (κ3) is 7.49. The van der Waals surface area contributed by atoms with Crippen LogP contribution >= 0.6 is 0 Å². The molecule has 0 amide bonds. The van der Waals surface area contributed by atoms with Crippen LogP contribution in [0.25, 0.3) is 10.9 Å². The van der Waals surface area contributed by atoms with Gasteiger partial charge in [-0.3, -0.25) is 4.79 Å². The van der Waals surface area contributed by atoms with Crippen LogP contribution in [0.15, 0.2) is 36.5 Å². The Labute approximate surface area is 110 Å². The molecule has 2 aromatic rings. The topological polar surface area (TPSA) is 42.2 Å². The number of carboxylic acid groups (broad SMARTS) is 1. The number of benzene rings is 1. The molecule has 0 fully saturated rings. The van der Waals surface area contributed by atoms with E-state index in [4.69, 9.17) is 9.90 Å². The monoisotopic (exact) mass is 251 g/mol. The number of aromatic nitrogens is 1. The highest BCUT2D eigenvalue weighted by atomic mass is 16.4. The Morgan fingerprint density at radius 3 is 1.94 bits per heavy atom. The van der Waals surface area contributed by atoms with Gasteiger partial charge in [0, 0.05) is 25.7 Å². The number of aryl methyl sites for hydroxylation is 1. The van der Waals surface area contributed by atoms with Crippen molar-refractivity contribution in [3.05, 3.63) is 36.5 Å². The Kier molecular flexibility index (Phi) is 12.1. The van der Waals surface area contributed by atoms with E-state index in [2.05, 4.69) is 48.1 Å². The van der Waals surface area contributed by atoms with Gasteiger partial charge >= 0.3 is 0 Å². The molecule has 3 nitrogen and oxygen atoms in total. The van der Waals surface area contributed by atoms with Gasteiger partial charge in [0.15, 0.2) is 0 Å². The molecule has 0 radical (unpaired) electrons. The predicted molar refractivity (Wildman–Crippen MR) is 78.9 cm³/mol. The lowest BCUT2D eigenvalue weighted by Crippen LogP contribution is -1.81. The quantitative estimate of drug-likeness (QED) is 0.757. The lowest BCUT2D eigenvalue weighted by molar-refractivity contribution is -0.134. The van der Waals surface area contributed by atoms with E-state index in [0.717, 1.165) is 6.92 Å². The van der Waals surface area contributed by atoms with Crippen LogP contribution in [0.2, 0.25) is 0 Å². The van der Waals surface area contributed by atoms with E-state index in [0.29, 0.717) is 0 Å². The molecule has 0 saturated carbocycles. The van der Waals surface area contributed by atoms with Crippen LogP contribution in [0.4, 0.5) is 0 Å². The van der Waals surface area contributed by atoms with Gasteiger partial charge in [0.25, 0.3) is 5.97 Å². The average molecular weight is 251 g/mol. The molecule has 0 saturated heterocycles. The Bertz CT molecular complexity index is 429. The van der Waals surface area contributed by atoms with Crippen LogP contribution in [0.5, 0.6) is 0 Å². The van der Waals surface area contributed by atoms with Crippen molar-refractivity contribution < 1.29 is 9.90 Å². The van der Waals surface area contributed by atoms with Gasteiger partial charge in [0.2, 0.25) is 0 Å². The largest absolute Gasteiger partial charge is 0.481 e. The maximum absolute atomic E-state index is 9.00. The maximum atomic E-state index is 9.00. The van der Waals surface area contributed by atoms with E-state index in [1.54, 1.807) is 0 Å². The van der Waals surface area contributed by atoms with Crippen molar-refractivity contribution in [3.63, 3.8) is 0 Å². The summed E-state index contributed by atoms with van der Waals surface area (Å²) in [5.41, 5.74) is 1.29. The predicted octanol–water partition coefficient (Wildman–Crippen LogP) is 4.32. The molecular formula is C15H25NO2. The SMILES string of the molecule is CC.CC.CC(=O)O.Cn1ccc2ccccc21. The Hall–Kier alpha value is -1.77. The van der Waals surface area contributed by atoms with Gasteiger partial charge in [-0.2, -0.15) is 0 Å². The highest BCUT2D eigenvalue weighted by molar-refractivity contribution is 5.79. The molecular weight excluding hydrogens is 226 g/mol. The Balaban J connectivity index is 0. The number of fused-ring (bicyclic) bond motifs is 1. The Morgan fingerprint density at radius 2 is 1.50 bits per heavy atom. The van der Waals surface area contributed by atoms with E-state index in [9.17, 15) is 0 Å². The molecule has 0 aliphatic rings. The van der Waals surface area contributed by atoms with E-state index in [-0.39, 0.29) is 0 Å². The first-order chi connectivity index (χ1) is 8.61. The number of hydrogen-bond acceptors (Lipinski definition) is 1. The zero-order valence-electron chi connectivity index (χ0n) is 12.3. The maximum Gasteiger partial charge on any atom is 0.300 e. The highest BCUT2D eigenvalue weighted by Crippen LogP contribution is 2.12. The minimum Gasteiger partial charge on any atom is -0.481 e. The van der Waals surface area contributed by atoms with Gasteiger partial charge in [0.1, 0.15) is 0 Å². The van der Waals surface area contributed by atoms with Gasteiger partial charge in [-0.1, -0.05) is 45.9 Å². The van der Waals surface area contributed by atoms with E-state index >= 15 is 0 Å². The van der Waals surface area contributed by atoms with Crippen LogP contribution in [-0.4, -0.2) is 15.6 Å². The summed E-state index contributed by atoms with van der Waals surface area (Å²) in [6, 6.07) is 10.5. The smallest absolute Gasteiger partial charge is 0.300 e. The minimum atomic E-state index is -0.833. The molecule has 0 unspecified atom stereocenters. The molecule has 0 spiro atoms. The molecule has 3 heteroatoms. The van der Waals surface area contributed by atoms with Gasteiger partial charge in [-0.15, -0.1) is 0 Å². The van der Waals surface area contributed by atoms with Crippen LogP contribution in [0.3, 0.4) is 0 Å². The standard InChI is InChI=1S/C9H9N.C2H4O2.2C2H6/c1-10-7-6-8-4-2-3-5-9(8)10;1-2(3)4;2*1-2/h2-7H,1H3;1H3,(H,3,4);2*1-2H3. The molecule has 0 aliphatic carbocycles. The number of hydrogen-bond donors (Lipinski definition) is 1. The first-order valence-electron chi connectivity index (χ1n) is 6.31. The van der Waals surface area contributed by atoms with Crippen molar-refractivity contribution in [2.45, 2.75) is 34.6 Å². The van der Waals surface area contributed by atoms with Crippen LogP contribution in [-0.2, 0) is 11.8 Å². The summed E-state index contributed by atoms with van der Waals surface area (Å²) in [6.45, 7) is 9.08. The summed E-state index contributed by atoms with van der Waals surface area (Å²) in [7, 11) is 2.06. The molecule has 1 heterocycles. The highest BCUT2D eigenvalue weighted by Gasteiger charge is 1.92. The van der Waals surface area contributed by atoms with Gasteiger partial charge in [-0.25, -0.2) is 0 Å². The van der Waals surface area contributed by atoms with Crippen molar-refractivity contribution in [2.24, 2.45) is 7.05 Å². The van der Waals surface area contributed by atoms with Crippen LogP contribution < -0.4 is 0 Å². The van der Waals surface area contributed by atoms with Crippen LogP contribution in [0.1, 0.15) is 34.6 Å². The number of para-hydroxylation sites is 1. The lowest BCUT2D eigenvalue weighted by Gasteiger charge is -1.92. The third-order valence-corrected chi connectivity index (χ3v) is 1.79. The third-order valence-electron chi connectivity index (χ3n) is 1.79. The van der Waals surface area contributed by atoms with Crippen LogP contribution in [0, 0.1) is 0 Å². The molecule has 18 heavy (non-hydrogen) atoms. The second-order valence-corrected chi connectivity index (χ2v) is 3.00. The molecule has 1 N–H and O–H groups in total. The zero-order chi connectivity index (χ0) is 14.6. The van der Waals surface area contributed by atoms with Gasteiger partial charge in [0.05, 0.1) is 0 Å². The molecule has 102 valence electrons.